The normalized spacial score (nSPS) is 17.0. The number of benzene rings is 1. The fourth-order valence-electron chi connectivity index (χ4n) is 3.45. The number of aryl methyl sites for hydroxylation is 1. The fourth-order valence-corrected chi connectivity index (χ4v) is 4.58. The van der Waals surface area contributed by atoms with Crippen LogP contribution in [0.4, 0.5) is 0 Å². The van der Waals surface area contributed by atoms with Gasteiger partial charge in [0.2, 0.25) is 5.91 Å². The number of rotatable bonds is 4. The van der Waals surface area contributed by atoms with Gasteiger partial charge in [0.15, 0.2) is 0 Å². The van der Waals surface area contributed by atoms with Crippen LogP contribution < -0.4 is 0 Å². The smallest absolute Gasteiger partial charge is 0.281 e. The Kier molecular flexibility index (Phi) is 5.36. The highest BCUT2D eigenvalue weighted by Gasteiger charge is 2.28. The highest BCUT2D eigenvalue weighted by molar-refractivity contribution is 7.86. The van der Waals surface area contributed by atoms with Gasteiger partial charge in [0.05, 0.1) is 6.42 Å². The first-order valence-corrected chi connectivity index (χ1v) is 10.2. The summed E-state index contributed by atoms with van der Waals surface area (Å²) in [5.41, 5.74) is 2.12. The average molecular weight is 378 g/mol. The zero-order chi connectivity index (χ0) is 18.9. The summed E-state index contributed by atoms with van der Waals surface area (Å²) in [6, 6.07) is 8.04. The summed E-state index contributed by atoms with van der Waals surface area (Å²) >= 11 is 0. The lowest BCUT2D eigenvalue weighted by Gasteiger charge is -2.24. The Bertz CT molecular complexity index is 904. The molecule has 0 bridgehead atoms. The van der Waals surface area contributed by atoms with E-state index in [0.717, 1.165) is 16.5 Å². The maximum Gasteiger partial charge on any atom is 0.281 e. The quantitative estimate of drug-likeness (QED) is 0.799. The van der Waals surface area contributed by atoms with Crippen molar-refractivity contribution in [2.45, 2.75) is 12.8 Å². The van der Waals surface area contributed by atoms with Gasteiger partial charge in [-0.2, -0.15) is 17.0 Å². The van der Waals surface area contributed by atoms with Gasteiger partial charge in [-0.05, 0) is 18.1 Å². The second-order valence-corrected chi connectivity index (χ2v) is 9.03. The van der Waals surface area contributed by atoms with E-state index in [0.29, 0.717) is 39.0 Å². The Morgan fingerprint density at radius 3 is 2.58 bits per heavy atom. The van der Waals surface area contributed by atoms with Gasteiger partial charge in [0, 0.05) is 64.4 Å². The van der Waals surface area contributed by atoms with E-state index in [-0.39, 0.29) is 5.91 Å². The summed E-state index contributed by atoms with van der Waals surface area (Å²) in [5, 5.41) is 1.09. The first-order chi connectivity index (χ1) is 12.3. The van der Waals surface area contributed by atoms with Gasteiger partial charge in [0.25, 0.3) is 10.2 Å². The Balaban J connectivity index is 1.71. The molecular formula is C18H26N4O3S. The molecule has 1 aliphatic heterocycles. The third-order valence-electron chi connectivity index (χ3n) is 4.92. The molecule has 1 amide bonds. The van der Waals surface area contributed by atoms with E-state index in [1.165, 1.54) is 22.7 Å². The monoisotopic (exact) mass is 378 g/mol. The van der Waals surface area contributed by atoms with E-state index in [1.54, 1.807) is 4.90 Å². The highest BCUT2D eigenvalue weighted by Crippen LogP contribution is 2.21. The van der Waals surface area contributed by atoms with Crippen LogP contribution in [0.1, 0.15) is 12.0 Å². The first-order valence-electron chi connectivity index (χ1n) is 8.79. The van der Waals surface area contributed by atoms with Crippen LogP contribution in [0, 0.1) is 0 Å². The number of carbonyl (C=O) groups is 1. The van der Waals surface area contributed by atoms with Crippen LogP contribution in [-0.4, -0.2) is 72.7 Å². The minimum atomic E-state index is -3.43. The third kappa shape index (κ3) is 3.62. The highest BCUT2D eigenvalue weighted by atomic mass is 32.2. The summed E-state index contributed by atoms with van der Waals surface area (Å²) in [4.78, 5) is 14.6. The van der Waals surface area contributed by atoms with Gasteiger partial charge >= 0.3 is 0 Å². The van der Waals surface area contributed by atoms with Crippen molar-refractivity contribution in [3.63, 3.8) is 0 Å². The molecule has 0 radical (unpaired) electrons. The molecule has 7 nitrogen and oxygen atoms in total. The Morgan fingerprint density at radius 1 is 1.12 bits per heavy atom. The molecule has 0 N–H and O–H groups in total. The molecule has 8 heteroatoms. The molecule has 0 saturated carbocycles. The van der Waals surface area contributed by atoms with E-state index in [9.17, 15) is 13.2 Å². The van der Waals surface area contributed by atoms with Gasteiger partial charge in [-0.1, -0.05) is 18.2 Å². The molecule has 1 aromatic heterocycles. The average Bonchev–Trinajstić information content (AvgIpc) is 2.78. The van der Waals surface area contributed by atoms with Crippen molar-refractivity contribution in [1.29, 1.82) is 0 Å². The number of nitrogens with zero attached hydrogens (tertiary/aromatic N) is 4. The van der Waals surface area contributed by atoms with Crippen LogP contribution in [0.15, 0.2) is 30.5 Å². The van der Waals surface area contributed by atoms with Crippen LogP contribution in [0.3, 0.4) is 0 Å². The lowest BCUT2D eigenvalue weighted by molar-refractivity contribution is -0.130. The third-order valence-corrected chi connectivity index (χ3v) is 6.86. The maximum absolute atomic E-state index is 12.8. The van der Waals surface area contributed by atoms with Gasteiger partial charge in [-0.15, -0.1) is 0 Å². The lowest BCUT2D eigenvalue weighted by Crippen LogP contribution is -2.42. The van der Waals surface area contributed by atoms with Crippen molar-refractivity contribution in [3.8, 4) is 0 Å². The van der Waals surface area contributed by atoms with Crippen LogP contribution in [0.5, 0.6) is 0 Å². The molecule has 0 atom stereocenters. The van der Waals surface area contributed by atoms with Crippen molar-refractivity contribution in [3.05, 3.63) is 36.0 Å². The molecule has 2 aromatic rings. The number of carbonyl (C=O) groups excluding carboxylic acids is 1. The molecule has 3 rings (SSSR count). The molecule has 1 aliphatic rings. The van der Waals surface area contributed by atoms with Crippen LogP contribution >= 0.6 is 0 Å². The number of amides is 1. The largest absolute Gasteiger partial charge is 0.350 e. The molecular weight excluding hydrogens is 352 g/mol. The van der Waals surface area contributed by atoms with Crippen molar-refractivity contribution < 1.29 is 13.2 Å². The Morgan fingerprint density at radius 2 is 1.85 bits per heavy atom. The number of hydrogen-bond acceptors (Lipinski definition) is 3. The number of aromatic nitrogens is 1. The SMILES string of the molecule is CN(C)S(=O)(=O)N1CCCN(C(=O)Cc2cn(C)c3ccccc23)CC1. The molecule has 0 spiro atoms. The topological polar surface area (TPSA) is 65.9 Å². The van der Waals surface area contributed by atoms with Crippen molar-refractivity contribution in [2.75, 3.05) is 40.3 Å². The maximum atomic E-state index is 12.8. The standard InChI is InChI=1S/C18H26N4O3S/c1-19(2)26(24,25)22-10-6-9-21(11-12-22)18(23)13-15-14-20(3)17-8-5-4-7-16(15)17/h4-5,7-8,14H,6,9-13H2,1-3H3. The van der Waals surface area contributed by atoms with Gasteiger partial charge in [0.1, 0.15) is 0 Å². The molecule has 26 heavy (non-hydrogen) atoms. The molecule has 0 aliphatic carbocycles. The summed E-state index contributed by atoms with van der Waals surface area (Å²) in [5.74, 6) is 0.0467. The van der Waals surface area contributed by atoms with Crippen LogP contribution in [-0.2, 0) is 28.5 Å². The van der Waals surface area contributed by atoms with E-state index >= 15 is 0 Å². The van der Waals surface area contributed by atoms with Gasteiger partial charge in [-0.25, -0.2) is 0 Å². The molecule has 2 heterocycles. The Hall–Kier alpha value is -1.90. The zero-order valence-corrected chi connectivity index (χ0v) is 16.4. The fraction of sp³-hybridized carbons (Fsp3) is 0.500. The number of hydrogen-bond donors (Lipinski definition) is 0. The van der Waals surface area contributed by atoms with E-state index in [4.69, 9.17) is 0 Å². The molecule has 1 saturated heterocycles. The van der Waals surface area contributed by atoms with Crippen molar-refractivity contribution >= 4 is 27.0 Å². The second kappa shape index (κ2) is 7.38. The summed E-state index contributed by atoms with van der Waals surface area (Å²) in [6.45, 7) is 1.79. The van der Waals surface area contributed by atoms with Crippen molar-refractivity contribution in [1.82, 2.24) is 18.1 Å². The predicted octanol–water partition coefficient (Wildman–Crippen LogP) is 1.06. The van der Waals surface area contributed by atoms with Crippen LogP contribution in [0.2, 0.25) is 0 Å². The summed E-state index contributed by atoms with van der Waals surface area (Å²) < 4.78 is 29.3. The molecule has 1 aromatic carbocycles. The minimum absolute atomic E-state index is 0.0467. The summed E-state index contributed by atoms with van der Waals surface area (Å²) in [7, 11) is 1.61. The van der Waals surface area contributed by atoms with Gasteiger partial charge in [-0.3, -0.25) is 4.79 Å². The van der Waals surface area contributed by atoms with E-state index < -0.39 is 10.2 Å². The zero-order valence-electron chi connectivity index (χ0n) is 15.6. The predicted molar refractivity (Wildman–Crippen MR) is 102 cm³/mol. The molecule has 142 valence electrons. The summed E-state index contributed by atoms with van der Waals surface area (Å²) in [6.07, 6.45) is 2.99. The molecule has 0 unspecified atom stereocenters. The van der Waals surface area contributed by atoms with Gasteiger partial charge < -0.3 is 9.47 Å². The second-order valence-electron chi connectivity index (χ2n) is 6.88. The number of para-hydroxylation sites is 1. The number of fused-ring (bicyclic) bond motifs is 1. The minimum Gasteiger partial charge on any atom is -0.350 e. The first kappa shape index (κ1) is 18.9. The van der Waals surface area contributed by atoms with Crippen LogP contribution in [0.25, 0.3) is 10.9 Å². The van der Waals surface area contributed by atoms with E-state index in [2.05, 4.69) is 0 Å². The van der Waals surface area contributed by atoms with E-state index in [1.807, 2.05) is 42.1 Å². The lowest BCUT2D eigenvalue weighted by atomic mass is 10.1. The Labute approximate surface area is 155 Å². The molecule has 1 fully saturated rings. The van der Waals surface area contributed by atoms with Crippen molar-refractivity contribution in [2.24, 2.45) is 7.05 Å².